The molecule has 0 aromatic heterocycles. The standard InChI is InChI=1S/C24H18N4O5/c25-21-11-5-17(13-23(21)27(29)30)15-1-7-19(8-2-15)33-20-9-3-16(4-10-20)18-6-12-22(26)24(14-18)28(31)32/h1-14H,25-26H2. The summed E-state index contributed by atoms with van der Waals surface area (Å²) in [5, 5.41) is 22.2. The molecule has 0 aliphatic carbocycles. The molecule has 4 N–H and O–H groups in total. The zero-order valence-corrected chi connectivity index (χ0v) is 17.2. The van der Waals surface area contributed by atoms with Gasteiger partial charge in [0.2, 0.25) is 0 Å². The molecule has 0 fully saturated rings. The predicted octanol–water partition coefficient (Wildman–Crippen LogP) is 5.79. The van der Waals surface area contributed by atoms with Gasteiger partial charge in [0.1, 0.15) is 22.9 Å². The molecule has 33 heavy (non-hydrogen) atoms. The highest BCUT2D eigenvalue weighted by Crippen LogP contribution is 2.32. The summed E-state index contributed by atoms with van der Waals surface area (Å²) in [5.74, 6) is 1.17. The van der Waals surface area contributed by atoms with E-state index in [1.54, 1.807) is 60.7 Å². The molecule has 0 spiro atoms. The van der Waals surface area contributed by atoms with Crippen LogP contribution in [0.25, 0.3) is 22.3 Å². The summed E-state index contributed by atoms with van der Waals surface area (Å²) in [6.45, 7) is 0. The highest BCUT2D eigenvalue weighted by Gasteiger charge is 2.14. The van der Waals surface area contributed by atoms with E-state index in [1.807, 2.05) is 0 Å². The zero-order chi connectivity index (χ0) is 23.5. The number of hydrogen-bond acceptors (Lipinski definition) is 7. The van der Waals surface area contributed by atoms with E-state index in [1.165, 1.54) is 24.3 Å². The van der Waals surface area contributed by atoms with Crippen LogP contribution < -0.4 is 16.2 Å². The molecule has 0 atom stereocenters. The molecule has 0 amide bonds. The monoisotopic (exact) mass is 442 g/mol. The number of anilines is 2. The largest absolute Gasteiger partial charge is 0.457 e. The molecule has 164 valence electrons. The second-order valence-corrected chi connectivity index (χ2v) is 7.21. The van der Waals surface area contributed by atoms with E-state index >= 15 is 0 Å². The number of nitro groups is 2. The Morgan fingerprint density at radius 1 is 0.545 bits per heavy atom. The van der Waals surface area contributed by atoms with Crippen molar-refractivity contribution in [1.29, 1.82) is 0 Å². The van der Waals surface area contributed by atoms with Crippen molar-refractivity contribution in [3.05, 3.63) is 105 Å². The van der Waals surface area contributed by atoms with Crippen LogP contribution in [-0.2, 0) is 0 Å². The van der Waals surface area contributed by atoms with Crippen molar-refractivity contribution in [3.63, 3.8) is 0 Å². The van der Waals surface area contributed by atoms with Crippen LogP contribution in [0.1, 0.15) is 0 Å². The van der Waals surface area contributed by atoms with E-state index in [0.717, 1.165) is 11.1 Å². The minimum absolute atomic E-state index is 0.112. The van der Waals surface area contributed by atoms with Crippen molar-refractivity contribution in [1.82, 2.24) is 0 Å². The van der Waals surface area contributed by atoms with Gasteiger partial charge in [0.15, 0.2) is 0 Å². The molecule has 0 heterocycles. The van der Waals surface area contributed by atoms with E-state index in [-0.39, 0.29) is 22.7 Å². The van der Waals surface area contributed by atoms with Crippen LogP contribution in [0.15, 0.2) is 84.9 Å². The predicted molar refractivity (Wildman–Crippen MR) is 126 cm³/mol. The van der Waals surface area contributed by atoms with Gasteiger partial charge in [-0.25, -0.2) is 0 Å². The van der Waals surface area contributed by atoms with Crippen molar-refractivity contribution in [2.24, 2.45) is 0 Å². The maximum Gasteiger partial charge on any atom is 0.292 e. The number of rotatable bonds is 6. The lowest BCUT2D eigenvalue weighted by atomic mass is 10.0. The Bertz CT molecular complexity index is 1250. The molecular weight excluding hydrogens is 424 g/mol. The Balaban J connectivity index is 1.50. The third-order valence-electron chi connectivity index (χ3n) is 5.07. The molecule has 0 aliphatic rings. The molecule has 0 bridgehead atoms. The Morgan fingerprint density at radius 2 is 0.879 bits per heavy atom. The minimum Gasteiger partial charge on any atom is -0.457 e. The molecule has 0 unspecified atom stereocenters. The zero-order valence-electron chi connectivity index (χ0n) is 17.2. The van der Waals surface area contributed by atoms with Crippen molar-refractivity contribution in [3.8, 4) is 33.8 Å². The summed E-state index contributed by atoms with van der Waals surface area (Å²) in [6.07, 6.45) is 0. The number of nitrogens with two attached hydrogens (primary N) is 2. The Labute approximate surface area is 188 Å². The van der Waals surface area contributed by atoms with Crippen molar-refractivity contribution in [2.45, 2.75) is 0 Å². The first kappa shape index (κ1) is 21.3. The van der Waals surface area contributed by atoms with Crippen LogP contribution in [0, 0.1) is 20.2 Å². The van der Waals surface area contributed by atoms with E-state index in [2.05, 4.69) is 0 Å². The van der Waals surface area contributed by atoms with Gasteiger partial charge in [-0.15, -0.1) is 0 Å². The molecule has 9 heteroatoms. The van der Waals surface area contributed by atoms with Crippen LogP contribution in [-0.4, -0.2) is 9.85 Å². The van der Waals surface area contributed by atoms with E-state index in [4.69, 9.17) is 16.2 Å². The minimum atomic E-state index is -0.511. The molecule has 4 aromatic carbocycles. The summed E-state index contributed by atoms with van der Waals surface area (Å²) in [5.41, 5.74) is 14.2. The van der Waals surface area contributed by atoms with Gasteiger partial charge in [0.05, 0.1) is 9.85 Å². The van der Waals surface area contributed by atoms with Crippen molar-refractivity contribution < 1.29 is 14.6 Å². The van der Waals surface area contributed by atoms with Gasteiger partial charge in [-0.05, 0) is 58.7 Å². The van der Waals surface area contributed by atoms with Gasteiger partial charge in [-0.1, -0.05) is 36.4 Å². The first-order valence-electron chi connectivity index (χ1n) is 9.78. The number of hydrogen-bond donors (Lipinski definition) is 2. The average molecular weight is 442 g/mol. The van der Waals surface area contributed by atoms with Gasteiger partial charge in [0, 0.05) is 12.1 Å². The first-order chi connectivity index (χ1) is 15.8. The third kappa shape index (κ3) is 4.57. The lowest BCUT2D eigenvalue weighted by Crippen LogP contribution is -1.95. The Hall–Kier alpha value is -4.92. The highest BCUT2D eigenvalue weighted by molar-refractivity contribution is 5.73. The number of nitrogens with zero attached hydrogens (tertiary/aromatic N) is 2. The number of ether oxygens (including phenoxy) is 1. The van der Waals surface area contributed by atoms with E-state index in [9.17, 15) is 20.2 Å². The fourth-order valence-electron chi connectivity index (χ4n) is 3.33. The van der Waals surface area contributed by atoms with Crippen LogP contribution >= 0.6 is 0 Å². The topological polar surface area (TPSA) is 148 Å². The maximum absolute atomic E-state index is 11.1. The number of nitro benzene ring substituents is 2. The van der Waals surface area contributed by atoms with Gasteiger partial charge < -0.3 is 16.2 Å². The fourth-order valence-corrected chi connectivity index (χ4v) is 3.33. The quantitative estimate of drug-likeness (QED) is 0.218. The van der Waals surface area contributed by atoms with Gasteiger partial charge in [0.25, 0.3) is 11.4 Å². The lowest BCUT2D eigenvalue weighted by Gasteiger charge is -2.09. The molecule has 0 saturated carbocycles. The Morgan fingerprint density at radius 3 is 1.21 bits per heavy atom. The summed E-state index contributed by atoms with van der Waals surface area (Å²) in [4.78, 5) is 21.2. The second-order valence-electron chi connectivity index (χ2n) is 7.21. The van der Waals surface area contributed by atoms with E-state index < -0.39 is 9.85 Å². The van der Waals surface area contributed by atoms with Crippen LogP contribution in [0.4, 0.5) is 22.7 Å². The molecule has 4 aromatic rings. The molecule has 9 nitrogen and oxygen atoms in total. The van der Waals surface area contributed by atoms with Gasteiger partial charge >= 0.3 is 0 Å². The van der Waals surface area contributed by atoms with E-state index in [0.29, 0.717) is 22.6 Å². The smallest absolute Gasteiger partial charge is 0.292 e. The highest BCUT2D eigenvalue weighted by atomic mass is 16.6. The van der Waals surface area contributed by atoms with Crippen molar-refractivity contribution in [2.75, 3.05) is 11.5 Å². The molecule has 0 saturated heterocycles. The fraction of sp³-hybridized carbons (Fsp3) is 0. The Kier molecular flexibility index (Phi) is 5.60. The SMILES string of the molecule is Nc1ccc(-c2ccc(Oc3ccc(-c4ccc(N)c([N+](=O)[O-])c4)cc3)cc2)cc1[N+](=O)[O-]. The maximum atomic E-state index is 11.1. The van der Waals surface area contributed by atoms with Crippen molar-refractivity contribution >= 4 is 22.7 Å². The molecule has 0 aliphatic heterocycles. The van der Waals surface area contributed by atoms with Gasteiger partial charge in [-0.2, -0.15) is 0 Å². The normalized spacial score (nSPS) is 10.5. The number of nitrogen functional groups attached to an aromatic ring is 2. The number of benzene rings is 4. The van der Waals surface area contributed by atoms with Crippen LogP contribution in [0.2, 0.25) is 0 Å². The summed E-state index contributed by atoms with van der Waals surface area (Å²) >= 11 is 0. The lowest BCUT2D eigenvalue weighted by molar-refractivity contribution is -0.384. The van der Waals surface area contributed by atoms with Crippen LogP contribution in [0.3, 0.4) is 0 Å². The molecule has 4 rings (SSSR count). The van der Waals surface area contributed by atoms with Crippen LogP contribution in [0.5, 0.6) is 11.5 Å². The van der Waals surface area contributed by atoms with Gasteiger partial charge in [-0.3, -0.25) is 20.2 Å². The first-order valence-corrected chi connectivity index (χ1v) is 9.78. The molecule has 0 radical (unpaired) electrons. The summed E-state index contributed by atoms with van der Waals surface area (Å²) in [6, 6.07) is 23.6. The molecular formula is C24H18N4O5. The summed E-state index contributed by atoms with van der Waals surface area (Å²) in [7, 11) is 0. The average Bonchev–Trinajstić information content (AvgIpc) is 2.80. The summed E-state index contributed by atoms with van der Waals surface area (Å²) < 4.78 is 5.87. The second kappa shape index (κ2) is 8.67. The third-order valence-corrected chi connectivity index (χ3v) is 5.07.